The van der Waals surface area contributed by atoms with E-state index in [4.69, 9.17) is 0 Å². The normalized spacial score (nSPS) is 14.6. The average molecular weight is 294 g/mol. The summed E-state index contributed by atoms with van der Waals surface area (Å²) in [7, 11) is 0. The van der Waals surface area contributed by atoms with Crippen LogP contribution >= 0.6 is 0 Å². The van der Waals surface area contributed by atoms with E-state index >= 15 is 0 Å². The lowest BCUT2D eigenvalue weighted by atomic mass is 9.98. The van der Waals surface area contributed by atoms with Crippen molar-refractivity contribution in [2.45, 2.75) is 12.8 Å². The number of carbonyl (C=O) groups excluding carboxylic acids is 1. The summed E-state index contributed by atoms with van der Waals surface area (Å²) in [4.78, 5) is 11.9. The molecular weight excluding hydrogens is 285 g/mol. The minimum Gasteiger partial charge on any atom is -0.406 e. The largest absolute Gasteiger partial charge is 0.573 e. The highest BCUT2D eigenvalue weighted by Crippen LogP contribution is 2.29. The number of hydrogen-bond acceptors (Lipinski definition) is 3. The SMILES string of the molecule is O=C1CC(c2ccc(OC(F)(F)F)cc2)=Cn2nccc21. The van der Waals surface area contributed by atoms with Crippen LogP contribution in [0.25, 0.3) is 11.8 Å². The lowest BCUT2D eigenvalue weighted by Gasteiger charge is -2.14. The van der Waals surface area contributed by atoms with Crippen molar-refractivity contribution in [1.82, 2.24) is 9.78 Å². The van der Waals surface area contributed by atoms with E-state index in [-0.39, 0.29) is 18.0 Å². The molecular formula is C14H9F3N2O2. The molecule has 7 heteroatoms. The highest BCUT2D eigenvalue weighted by Gasteiger charge is 2.31. The fourth-order valence-electron chi connectivity index (χ4n) is 2.14. The maximum atomic E-state index is 12.1. The fraction of sp³-hybridized carbons (Fsp3) is 0.143. The van der Waals surface area contributed by atoms with Crippen LogP contribution in [0.2, 0.25) is 0 Å². The van der Waals surface area contributed by atoms with E-state index in [1.807, 2.05) is 0 Å². The Labute approximate surface area is 117 Å². The van der Waals surface area contributed by atoms with E-state index in [0.717, 1.165) is 0 Å². The molecule has 1 aliphatic rings. The molecule has 108 valence electrons. The third kappa shape index (κ3) is 2.81. The molecule has 0 spiro atoms. The summed E-state index contributed by atoms with van der Waals surface area (Å²) < 4.78 is 41.5. The number of hydrogen-bond donors (Lipinski definition) is 0. The standard InChI is InChI=1S/C14H9F3N2O2/c15-14(16,17)21-11-3-1-9(2-4-11)10-7-13(20)12-5-6-18-19(12)8-10/h1-6,8H,7H2. The first kappa shape index (κ1) is 13.4. The number of fused-ring (bicyclic) bond motifs is 1. The lowest BCUT2D eigenvalue weighted by Crippen LogP contribution is -2.17. The number of Topliss-reactive ketones (excluding diaryl/α,β-unsaturated/α-hetero) is 1. The monoisotopic (exact) mass is 294 g/mol. The van der Waals surface area contributed by atoms with Crippen molar-refractivity contribution in [3.05, 3.63) is 47.8 Å². The molecule has 0 bridgehead atoms. The Hall–Kier alpha value is -2.57. The quantitative estimate of drug-likeness (QED) is 0.853. The zero-order valence-electron chi connectivity index (χ0n) is 10.6. The van der Waals surface area contributed by atoms with Crippen LogP contribution in [0.5, 0.6) is 5.75 Å². The van der Waals surface area contributed by atoms with Crippen LogP contribution in [0.1, 0.15) is 22.5 Å². The van der Waals surface area contributed by atoms with Gasteiger partial charge in [-0.05, 0) is 29.3 Å². The first-order chi connectivity index (χ1) is 9.92. The predicted molar refractivity (Wildman–Crippen MR) is 68.5 cm³/mol. The summed E-state index contributed by atoms with van der Waals surface area (Å²) >= 11 is 0. The average Bonchev–Trinajstić information content (AvgIpc) is 2.86. The molecule has 0 N–H and O–H groups in total. The summed E-state index contributed by atoms with van der Waals surface area (Å²) in [5.41, 5.74) is 1.84. The first-order valence-corrected chi connectivity index (χ1v) is 6.06. The van der Waals surface area contributed by atoms with Crippen molar-refractivity contribution >= 4 is 17.6 Å². The molecule has 21 heavy (non-hydrogen) atoms. The molecule has 0 fully saturated rings. The molecule has 1 aliphatic heterocycles. The van der Waals surface area contributed by atoms with E-state index in [1.54, 1.807) is 12.3 Å². The molecule has 4 nitrogen and oxygen atoms in total. The number of aromatic nitrogens is 2. The molecule has 1 aromatic heterocycles. The molecule has 0 saturated carbocycles. The fourth-order valence-corrected chi connectivity index (χ4v) is 2.14. The minimum absolute atomic E-state index is 0.0828. The second-order valence-corrected chi connectivity index (χ2v) is 4.49. The number of alkyl halides is 3. The van der Waals surface area contributed by atoms with Crippen LogP contribution in [-0.4, -0.2) is 21.9 Å². The summed E-state index contributed by atoms with van der Waals surface area (Å²) in [5.74, 6) is -0.380. The van der Waals surface area contributed by atoms with Gasteiger partial charge in [-0.1, -0.05) is 12.1 Å². The van der Waals surface area contributed by atoms with Crippen LogP contribution in [0.4, 0.5) is 13.2 Å². The van der Waals surface area contributed by atoms with Gasteiger partial charge in [-0.3, -0.25) is 4.79 Å². The Morgan fingerprint density at radius 2 is 1.86 bits per heavy atom. The Balaban J connectivity index is 1.87. The van der Waals surface area contributed by atoms with Gasteiger partial charge in [0.1, 0.15) is 11.4 Å². The number of ketones is 1. The van der Waals surface area contributed by atoms with E-state index in [9.17, 15) is 18.0 Å². The zero-order chi connectivity index (χ0) is 15.0. The van der Waals surface area contributed by atoms with Crippen molar-refractivity contribution < 1.29 is 22.7 Å². The Kier molecular flexibility index (Phi) is 3.04. The number of carbonyl (C=O) groups is 1. The lowest BCUT2D eigenvalue weighted by molar-refractivity contribution is -0.274. The van der Waals surface area contributed by atoms with Crippen molar-refractivity contribution in [2.24, 2.45) is 0 Å². The number of rotatable bonds is 2. The summed E-state index contributed by atoms with van der Waals surface area (Å²) in [6.45, 7) is 0. The van der Waals surface area contributed by atoms with E-state index in [2.05, 4.69) is 9.84 Å². The van der Waals surface area contributed by atoms with E-state index < -0.39 is 6.36 Å². The molecule has 3 rings (SSSR count). The second kappa shape index (κ2) is 4.76. The van der Waals surface area contributed by atoms with Gasteiger partial charge in [0, 0.05) is 12.6 Å². The molecule has 2 aromatic rings. The number of halogens is 3. The maximum absolute atomic E-state index is 12.1. The first-order valence-electron chi connectivity index (χ1n) is 6.06. The highest BCUT2D eigenvalue weighted by atomic mass is 19.4. The van der Waals surface area contributed by atoms with Gasteiger partial charge in [-0.15, -0.1) is 13.2 Å². The molecule has 1 aromatic carbocycles. The summed E-state index contributed by atoms with van der Waals surface area (Å²) in [6.07, 6.45) is -1.32. The van der Waals surface area contributed by atoms with Crippen molar-refractivity contribution in [2.75, 3.05) is 0 Å². The molecule has 0 unspecified atom stereocenters. The number of ether oxygens (including phenoxy) is 1. The third-order valence-electron chi connectivity index (χ3n) is 3.04. The molecule has 0 aliphatic carbocycles. The maximum Gasteiger partial charge on any atom is 0.573 e. The van der Waals surface area contributed by atoms with Gasteiger partial charge in [0.2, 0.25) is 0 Å². The molecule has 0 atom stereocenters. The van der Waals surface area contributed by atoms with Gasteiger partial charge < -0.3 is 4.74 Å². The summed E-state index contributed by atoms with van der Waals surface area (Å²) in [5, 5.41) is 3.99. The van der Waals surface area contributed by atoms with Crippen LogP contribution in [0.15, 0.2) is 36.5 Å². The van der Waals surface area contributed by atoms with Crippen LogP contribution in [0, 0.1) is 0 Å². The van der Waals surface area contributed by atoms with Gasteiger partial charge in [-0.25, -0.2) is 4.68 Å². The number of allylic oxidation sites excluding steroid dienone is 1. The number of benzene rings is 1. The zero-order valence-corrected chi connectivity index (χ0v) is 10.6. The summed E-state index contributed by atoms with van der Waals surface area (Å²) in [6, 6.07) is 7.01. The van der Waals surface area contributed by atoms with Gasteiger partial charge in [-0.2, -0.15) is 5.10 Å². The number of nitrogens with zero attached hydrogens (tertiary/aromatic N) is 2. The Morgan fingerprint density at radius 3 is 2.52 bits per heavy atom. The van der Waals surface area contributed by atoms with Crippen LogP contribution in [0.3, 0.4) is 0 Å². The molecule has 2 heterocycles. The van der Waals surface area contributed by atoms with Crippen molar-refractivity contribution in [3.63, 3.8) is 0 Å². The van der Waals surface area contributed by atoms with Gasteiger partial charge >= 0.3 is 6.36 Å². The van der Waals surface area contributed by atoms with Gasteiger partial charge in [0.25, 0.3) is 0 Å². The van der Waals surface area contributed by atoms with E-state index in [1.165, 1.54) is 35.1 Å². The van der Waals surface area contributed by atoms with Crippen LogP contribution in [-0.2, 0) is 0 Å². The highest BCUT2D eigenvalue weighted by molar-refractivity contribution is 6.05. The third-order valence-corrected chi connectivity index (χ3v) is 3.04. The minimum atomic E-state index is -4.72. The topological polar surface area (TPSA) is 44.1 Å². The van der Waals surface area contributed by atoms with E-state index in [0.29, 0.717) is 16.8 Å². The van der Waals surface area contributed by atoms with Crippen molar-refractivity contribution in [1.29, 1.82) is 0 Å². The molecule has 0 amide bonds. The molecule has 0 radical (unpaired) electrons. The predicted octanol–water partition coefficient (Wildman–Crippen LogP) is 3.37. The van der Waals surface area contributed by atoms with Gasteiger partial charge in [0.05, 0.1) is 6.20 Å². The smallest absolute Gasteiger partial charge is 0.406 e. The molecule has 0 saturated heterocycles. The van der Waals surface area contributed by atoms with Crippen molar-refractivity contribution in [3.8, 4) is 5.75 Å². The Morgan fingerprint density at radius 1 is 1.14 bits per heavy atom. The second-order valence-electron chi connectivity index (χ2n) is 4.49. The van der Waals surface area contributed by atoms with Gasteiger partial charge in [0.15, 0.2) is 5.78 Å². The van der Waals surface area contributed by atoms with Crippen LogP contribution < -0.4 is 4.74 Å². The Bertz CT molecular complexity index is 715.